The standard InChI is InChI=1S/C15H16N2O2/c1-4-19-15(18)14-9(3)13-8(2)10-5-6-16-11(10)7-12(13)17-14/h5-7,16-17H,4H2,1-3H3. The van der Waals surface area contributed by atoms with E-state index >= 15 is 0 Å². The number of hydrogen-bond donors (Lipinski definition) is 2. The zero-order valence-electron chi connectivity index (χ0n) is 11.3. The largest absolute Gasteiger partial charge is 0.461 e. The van der Waals surface area contributed by atoms with Crippen LogP contribution in [-0.4, -0.2) is 22.5 Å². The Kier molecular flexibility index (Phi) is 2.59. The van der Waals surface area contributed by atoms with E-state index in [2.05, 4.69) is 23.0 Å². The van der Waals surface area contributed by atoms with Crippen molar-refractivity contribution in [3.63, 3.8) is 0 Å². The van der Waals surface area contributed by atoms with Crippen LogP contribution in [0.3, 0.4) is 0 Å². The van der Waals surface area contributed by atoms with Crippen molar-refractivity contribution in [2.45, 2.75) is 20.8 Å². The molecule has 4 heteroatoms. The Morgan fingerprint density at radius 2 is 2.05 bits per heavy atom. The van der Waals surface area contributed by atoms with Crippen LogP contribution in [0.25, 0.3) is 21.8 Å². The monoisotopic (exact) mass is 256 g/mol. The number of esters is 1. The summed E-state index contributed by atoms with van der Waals surface area (Å²) in [6.07, 6.45) is 1.93. The first-order chi connectivity index (χ1) is 9.13. The zero-order chi connectivity index (χ0) is 13.6. The second-order valence-electron chi connectivity index (χ2n) is 4.71. The van der Waals surface area contributed by atoms with E-state index in [0.29, 0.717) is 12.3 Å². The Morgan fingerprint density at radius 1 is 1.26 bits per heavy atom. The van der Waals surface area contributed by atoms with E-state index < -0.39 is 0 Å². The van der Waals surface area contributed by atoms with Gasteiger partial charge < -0.3 is 14.7 Å². The highest BCUT2D eigenvalue weighted by atomic mass is 16.5. The molecular formula is C15H16N2O2. The molecule has 1 aromatic carbocycles. The summed E-state index contributed by atoms with van der Waals surface area (Å²) < 4.78 is 5.08. The van der Waals surface area contributed by atoms with E-state index in [-0.39, 0.29) is 5.97 Å². The first kappa shape index (κ1) is 11.8. The number of carbonyl (C=O) groups excluding carboxylic acids is 1. The van der Waals surface area contributed by atoms with Gasteiger partial charge in [-0.3, -0.25) is 0 Å². The van der Waals surface area contributed by atoms with Gasteiger partial charge in [-0.15, -0.1) is 0 Å². The minimum absolute atomic E-state index is 0.292. The van der Waals surface area contributed by atoms with Crippen molar-refractivity contribution in [1.82, 2.24) is 9.97 Å². The molecule has 19 heavy (non-hydrogen) atoms. The third kappa shape index (κ3) is 1.63. The normalized spacial score (nSPS) is 11.3. The summed E-state index contributed by atoms with van der Waals surface area (Å²) in [5.41, 5.74) is 4.72. The van der Waals surface area contributed by atoms with Crippen LogP contribution in [0.4, 0.5) is 0 Å². The van der Waals surface area contributed by atoms with Gasteiger partial charge in [0.05, 0.1) is 6.61 Å². The quantitative estimate of drug-likeness (QED) is 0.690. The lowest BCUT2D eigenvalue weighted by Crippen LogP contribution is -2.06. The molecular weight excluding hydrogens is 240 g/mol. The molecule has 0 spiro atoms. The van der Waals surface area contributed by atoms with Gasteiger partial charge in [0.1, 0.15) is 5.69 Å². The summed E-state index contributed by atoms with van der Waals surface area (Å²) in [7, 11) is 0. The van der Waals surface area contributed by atoms with Crippen LogP contribution in [-0.2, 0) is 4.74 Å². The average molecular weight is 256 g/mol. The average Bonchev–Trinajstić information content (AvgIpc) is 2.95. The summed E-state index contributed by atoms with van der Waals surface area (Å²) in [6, 6.07) is 4.09. The minimum atomic E-state index is -0.292. The Hall–Kier alpha value is -2.23. The number of benzene rings is 1. The van der Waals surface area contributed by atoms with E-state index in [0.717, 1.165) is 22.0 Å². The number of aromatic amines is 2. The van der Waals surface area contributed by atoms with Crippen molar-refractivity contribution in [2.75, 3.05) is 6.61 Å². The first-order valence-corrected chi connectivity index (χ1v) is 6.39. The van der Waals surface area contributed by atoms with Crippen molar-refractivity contribution in [3.05, 3.63) is 35.2 Å². The highest BCUT2D eigenvalue weighted by Crippen LogP contribution is 2.31. The summed E-state index contributed by atoms with van der Waals surface area (Å²) in [4.78, 5) is 18.3. The number of aromatic nitrogens is 2. The van der Waals surface area contributed by atoms with Crippen molar-refractivity contribution >= 4 is 27.8 Å². The molecule has 0 atom stereocenters. The van der Waals surface area contributed by atoms with Gasteiger partial charge in [0.25, 0.3) is 0 Å². The van der Waals surface area contributed by atoms with Crippen LogP contribution >= 0.6 is 0 Å². The molecule has 3 aromatic rings. The smallest absolute Gasteiger partial charge is 0.355 e. The predicted octanol–water partition coefficient (Wildman–Crippen LogP) is 3.44. The molecule has 2 N–H and O–H groups in total. The third-order valence-electron chi connectivity index (χ3n) is 3.61. The highest BCUT2D eigenvalue weighted by molar-refractivity contribution is 6.05. The SMILES string of the molecule is CCOC(=O)c1[nH]c2cc3[nH]ccc3c(C)c2c1C. The second kappa shape index (κ2) is 4.16. The molecule has 0 amide bonds. The Labute approximate surface area is 110 Å². The molecule has 98 valence electrons. The van der Waals surface area contributed by atoms with Crippen LogP contribution in [0.1, 0.15) is 28.5 Å². The lowest BCUT2D eigenvalue weighted by atomic mass is 10.0. The molecule has 0 radical (unpaired) electrons. The number of aryl methyl sites for hydroxylation is 2. The third-order valence-corrected chi connectivity index (χ3v) is 3.61. The number of hydrogen-bond acceptors (Lipinski definition) is 2. The van der Waals surface area contributed by atoms with E-state index in [9.17, 15) is 4.79 Å². The van der Waals surface area contributed by atoms with Gasteiger partial charge in [0.15, 0.2) is 0 Å². The predicted molar refractivity (Wildman–Crippen MR) is 75.6 cm³/mol. The molecule has 0 saturated heterocycles. The fourth-order valence-corrected chi connectivity index (χ4v) is 2.72. The maximum atomic E-state index is 11.9. The minimum Gasteiger partial charge on any atom is -0.461 e. The topological polar surface area (TPSA) is 57.9 Å². The van der Waals surface area contributed by atoms with Crippen molar-refractivity contribution < 1.29 is 9.53 Å². The van der Waals surface area contributed by atoms with Gasteiger partial charge >= 0.3 is 5.97 Å². The van der Waals surface area contributed by atoms with E-state index in [1.165, 1.54) is 10.9 Å². The number of rotatable bonds is 2. The van der Waals surface area contributed by atoms with Crippen LogP contribution in [0.5, 0.6) is 0 Å². The van der Waals surface area contributed by atoms with E-state index in [4.69, 9.17) is 4.74 Å². The molecule has 2 aromatic heterocycles. The Bertz CT molecular complexity index is 780. The summed E-state index contributed by atoms with van der Waals surface area (Å²) in [5.74, 6) is -0.292. The molecule has 0 aliphatic heterocycles. The maximum absolute atomic E-state index is 11.9. The van der Waals surface area contributed by atoms with Crippen molar-refractivity contribution in [2.24, 2.45) is 0 Å². The maximum Gasteiger partial charge on any atom is 0.355 e. The number of H-pyrrole nitrogens is 2. The van der Waals surface area contributed by atoms with Crippen molar-refractivity contribution in [3.8, 4) is 0 Å². The van der Waals surface area contributed by atoms with Crippen LogP contribution in [0.15, 0.2) is 18.3 Å². The number of nitrogens with one attached hydrogen (secondary N) is 2. The summed E-state index contributed by atoms with van der Waals surface area (Å²) in [5, 5.41) is 2.29. The van der Waals surface area contributed by atoms with Gasteiger partial charge in [-0.25, -0.2) is 4.79 Å². The number of carbonyl (C=O) groups is 1. The van der Waals surface area contributed by atoms with Gasteiger partial charge in [-0.2, -0.15) is 0 Å². The molecule has 0 aliphatic carbocycles. The van der Waals surface area contributed by atoms with Gasteiger partial charge in [0.2, 0.25) is 0 Å². The first-order valence-electron chi connectivity index (χ1n) is 6.39. The lowest BCUT2D eigenvalue weighted by molar-refractivity contribution is 0.0520. The fraction of sp³-hybridized carbons (Fsp3) is 0.267. The number of fused-ring (bicyclic) bond motifs is 2. The highest BCUT2D eigenvalue weighted by Gasteiger charge is 2.18. The van der Waals surface area contributed by atoms with E-state index in [1.807, 2.05) is 26.1 Å². The van der Waals surface area contributed by atoms with Crippen molar-refractivity contribution in [1.29, 1.82) is 0 Å². The second-order valence-corrected chi connectivity index (χ2v) is 4.71. The van der Waals surface area contributed by atoms with Crippen LogP contribution < -0.4 is 0 Å². The molecule has 0 fully saturated rings. The van der Waals surface area contributed by atoms with Crippen LogP contribution in [0.2, 0.25) is 0 Å². The molecule has 0 unspecified atom stereocenters. The molecule has 0 saturated carbocycles. The molecule has 4 nitrogen and oxygen atoms in total. The molecule has 2 heterocycles. The molecule has 0 bridgehead atoms. The van der Waals surface area contributed by atoms with Crippen LogP contribution in [0, 0.1) is 13.8 Å². The Balaban J connectivity index is 2.31. The van der Waals surface area contributed by atoms with Gasteiger partial charge in [0, 0.05) is 28.0 Å². The molecule has 3 rings (SSSR count). The summed E-state index contributed by atoms with van der Waals surface area (Å²) in [6.45, 7) is 6.22. The van der Waals surface area contributed by atoms with Gasteiger partial charge in [-0.1, -0.05) is 0 Å². The lowest BCUT2D eigenvalue weighted by Gasteiger charge is -2.01. The zero-order valence-corrected chi connectivity index (χ0v) is 11.3. The fourth-order valence-electron chi connectivity index (χ4n) is 2.72. The Morgan fingerprint density at radius 3 is 2.79 bits per heavy atom. The van der Waals surface area contributed by atoms with E-state index in [1.54, 1.807) is 0 Å². The molecule has 0 aliphatic rings. The summed E-state index contributed by atoms with van der Waals surface area (Å²) >= 11 is 0. The number of ether oxygens (including phenoxy) is 1. The van der Waals surface area contributed by atoms with Gasteiger partial charge in [-0.05, 0) is 44.0 Å².